The number of rotatable bonds is 3. The van der Waals surface area contributed by atoms with E-state index in [0.717, 1.165) is 10.9 Å². The highest BCUT2D eigenvalue weighted by molar-refractivity contribution is 7.09. The minimum Gasteiger partial charge on any atom is -0.306 e. The van der Waals surface area contributed by atoms with E-state index in [1.54, 1.807) is 11.3 Å². The van der Waals surface area contributed by atoms with E-state index in [0.29, 0.717) is 12.1 Å². The van der Waals surface area contributed by atoms with Gasteiger partial charge in [-0.15, -0.1) is 11.3 Å². The van der Waals surface area contributed by atoms with Gasteiger partial charge in [-0.1, -0.05) is 13.3 Å². The Morgan fingerprint density at radius 3 is 2.87 bits per heavy atom. The molecule has 1 aromatic heterocycles. The lowest BCUT2D eigenvalue weighted by Crippen LogP contribution is -2.33. The van der Waals surface area contributed by atoms with Gasteiger partial charge in [0.2, 0.25) is 0 Å². The molecule has 1 fully saturated rings. The second-order valence-corrected chi connectivity index (χ2v) is 5.76. The molecule has 1 saturated carbocycles. The van der Waals surface area contributed by atoms with E-state index in [4.69, 9.17) is 0 Å². The average molecular weight is 224 g/mol. The summed E-state index contributed by atoms with van der Waals surface area (Å²) in [5.74, 6) is 0.826. The van der Waals surface area contributed by atoms with Gasteiger partial charge in [-0.3, -0.25) is 0 Å². The molecule has 1 aliphatic rings. The SMILES string of the molecule is Cc1nc(C(C)NC2CCCC2C)cs1. The van der Waals surface area contributed by atoms with Crippen molar-refractivity contribution in [1.29, 1.82) is 0 Å². The first-order chi connectivity index (χ1) is 7.16. The van der Waals surface area contributed by atoms with Gasteiger partial charge in [0.15, 0.2) is 0 Å². The minimum atomic E-state index is 0.403. The molecule has 3 atom stereocenters. The number of aryl methyl sites for hydroxylation is 1. The molecule has 2 nitrogen and oxygen atoms in total. The van der Waals surface area contributed by atoms with Gasteiger partial charge >= 0.3 is 0 Å². The van der Waals surface area contributed by atoms with Crippen LogP contribution in [0.1, 0.15) is 49.9 Å². The summed E-state index contributed by atoms with van der Waals surface area (Å²) >= 11 is 1.74. The predicted octanol–water partition coefficient (Wildman–Crippen LogP) is 3.29. The fraction of sp³-hybridized carbons (Fsp3) is 0.750. The molecule has 0 aromatic carbocycles. The van der Waals surface area contributed by atoms with E-state index in [1.807, 2.05) is 0 Å². The maximum Gasteiger partial charge on any atom is 0.0898 e. The van der Waals surface area contributed by atoms with Crippen LogP contribution < -0.4 is 5.32 Å². The first kappa shape index (κ1) is 11.1. The van der Waals surface area contributed by atoms with Gasteiger partial charge in [-0.25, -0.2) is 4.98 Å². The molecule has 3 unspecified atom stereocenters. The van der Waals surface area contributed by atoms with Crippen LogP contribution in [0.3, 0.4) is 0 Å². The zero-order valence-corrected chi connectivity index (χ0v) is 10.6. The third-order valence-electron chi connectivity index (χ3n) is 3.41. The number of nitrogens with one attached hydrogen (secondary N) is 1. The number of hydrogen-bond acceptors (Lipinski definition) is 3. The molecule has 0 aliphatic heterocycles. The first-order valence-electron chi connectivity index (χ1n) is 5.85. The summed E-state index contributed by atoms with van der Waals surface area (Å²) in [5, 5.41) is 7.04. The lowest BCUT2D eigenvalue weighted by Gasteiger charge is -2.21. The van der Waals surface area contributed by atoms with Crippen LogP contribution in [0.15, 0.2) is 5.38 Å². The van der Waals surface area contributed by atoms with Crippen LogP contribution in [0.5, 0.6) is 0 Å². The summed E-state index contributed by atoms with van der Waals surface area (Å²) in [6.07, 6.45) is 4.08. The van der Waals surface area contributed by atoms with Crippen molar-refractivity contribution in [2.75, 3.05) is 0 Å². The Balaban J connectivity index is 1.94. The molecule has 84 valence electrons. The second-order valence-electron chi connectivity index (χ2n) is 4.69. The third-order valence-corrected chi connectivity index (χ3v) is 4.20. The molecule has 1 heterocycles. The fourth-order valence-electron chi connectivity index (χ4n) is 2.38. The molecule has 3 heteroatoms. The van der Waals surface area contributed by atoms with E-state index in [9.17, 15) is 0 Å². The smallest absolute Gasteiger partial charge is 0.0898 e. The fourth-order valence-corrected chi connectivity index (χ4v) is 3.08. The number of hydrogen-bond donors (Lipinski definition) is 1. The first-order valence-corrected chi connectivity index (χ1v) is 6.73. The molecule has 0 saturated heterocycles. The molecule has 2 rings (SSSR count). The van der Waals surface area contributed by atoms with Gasteiger partial charge in [-0.05, 0) is 32.6 Å². The minimum absolute atomic E-state index is 0.403. The topological polar surface area (TPSA) is 24.9 Å². The molecular weight excluding hydrogens is 204 g/mol. The van der Waals surface area contributed by atoms with Gasteiger partial charge in [0, 0.05) is 17.5 Å². The molecule has 15 heavy (non-hydrogen) atoms. The summed E-state index contributed by atoms with van der Waals surface area (Å²) in [6.45, 7) is 6.64. The Morgan fingerprint density at radius 1 is 1.53 bits per heavy atom. The lowest BCUT2D eigenvalue weighted by atomic mass is 10.1. The average Bonchev–Trinajstić information content (AvgIpc) is 2.77. The van der Waals surface area contributed by atoms with Crippen LogP contribution in [-0.2, 0) is 0 Å². The van der Waals surface area contributed by atoms with Crippen LogP contribution in [0.25, 0.3) is 0 Å². The second kappa shape index (κ2) is 4.62. The molecular formula is C12H20N2S. The van der Waals surface area contributed by atoms with Crippen molar-refractivity contribution in [3.8, 4) is 0 Å². The highest BCUT2D eigenvalue weighted by Crippen LogP contribution is 2.27. The molecule has 0 amide bonds. The van der Waals surface area contributed by atoms with Crippen molar-refractivity contribution in [2.45, 2.75) is 52.1 Å². The Labute approximate surface area is 96.1 Å². The molecule has 1 aliphatic carbocycles. The number of aromatic nitrogens is 1. The van der Waals surface area contributed by atoms with E-state index in [2.05, 4.69) is 36.5 Å². The van der Waals surface area contributed by atoms with E-state index in [1.165, 1.54) is 25.0 Å². The summed E-state index contributed by atoms with van der Waals surface area (Å²) in [4.78, 5) is 4.53. The lowest BCUT2D eigenvalue weighted by molar-refractivity contribution is 0.385. The van der Waals surface area contributed by atoms with Crippen LogP contribution in [0.4, 0.5) is 0 Å². The highest BCUT2D eigenvalue weighted by atomic mass is 32.1. The van der Waals surface area contributed by atoms with E-state index >= 15 is 0 Å². The Morgan fingerprint density at radius 2 is 2.33 bits per heavy atom. The van der Waals surface area contributed by atoms with Crippen LogP contribution in [0.2, 0.25) is 0 Å². The zero-order chi connectivity index (χ0) is 10.8. The van der Waals surface area contributed by atoms with Crippen molar-refractivity contribution < 1.29 is 0 Å². The Kier molecular flexibility index (Phi) is 3.42. The summed E-state index contributed by atoms with van der Waals surface area (Å²) in [6, 6.07) is 1.10. The Hall–Kier alpha value is -0.410. The standard InChI is InChI=1S/C12H20N2S/c1-8-5-4-6-11(8)13-9(2)12-7-15-10(3)14-12/h7-9,11,13H,4-6H2,1-3H3. The largest absolute Gasteiger partial charge is 0.306 e. The molecule has 0 radical (unpaired) electrons. The third kappa shape index (κ3) is 2.58. The number of thiazole rings is 1. The van der Waals surface area contributed by atoms with Gasteiger partial charge in [0.05, 0.1) is 10.7 Å². The van der Waals surface area contributed by atoms with Gasteiger partial charge in [0.1, 0.15) is 0 Å². The van der Waals surface area contributed by atoms with Gasteiger partial charge in [-0.2, -0.15) is 0 Å². The molecule has 0 spiro atoms. The van der Waals surface area contributed by atoms with E-state index in [-0.39, 0.29) is 0 Å². The quantitative estimate of drug-likeness (QED) is 0.852. The maximum absolute atomic E-state index is 4.53. The summed E-state index contributed by atoms with van der Waals surface area (Å²) in [7, 11) is 0. The zero-order valence-electron chi connectivity index (χ0n) is 9.79. The van der Waals surface area contributed by atoms with Crippen molar-refractivity contribution in [2.24, 2.45) is 5.92 Å². The maximum atomic E-state index is 4.53. The normalized spacial score (nSPS) is 28.2. The van der Waals surface area contributed by atoms with Crippen molar-refractivity contribution in [1.82, 2.24) is 10.3 Å². The molecule has 0 bridgehead atoms. The molecule has 1 N–H and O–H groups in total. The van der Waals surface area contributed by atoms with Crippen LogP contribution in [0, 0.1) is 12.8 Å². The Bertz CT molecular complexity index is 321. The van der Waals surface area contributed by atoms with E-state index < -0.39 is 0 Å². The summed E-state index contributed by atoms with van der Waals surface area (Å²) < 4.78 is 0. The molecule has 1 aromatic rings. The highest BCUT2D eigenvalue weighted by Gasteiger charge is 2.25. The van der Waals surface area contributed by atoms with Crippen molar-refractivity contribution in [3.63, 3.8) is 0 Å². The van der Waals surface area contributed by atoms with Crippen molar-refractivity contribution >= 4 is 11.3 Å². The summed E-state index contributed by atoms with van der Waals surface area (Å²) in [5.41, 5.74) is 1.21. The number of nitrogens with zero attached hydrogens (tertiary/aromatic N) is 1. The van der Waals surface area contributed by atoms with Crippen LogP contribution >= 0.6 is 11.3 Å². The predicted molar refractivity (Wildman–Crippen MR) is 65.2 cm³/mol. The van der Waals surface area contributed by atoms with Crippen molar-refractivity contribution in [3.05, 3.63) is 16.1 Å². The monoisotopic (exact) mass is 224 g/mol. The van der Waals surface area contributed by atoms with Gasteiger partial charge < -0.3 is 5.32 Å². The van der Waals surface area contributed by atoms with Gasteiger partial charge in [0.25, 0.3) is 0 Å². The van der Waals surface area contributed by atoms with Crippen LogP contribution in [-0.4, -0.2) is 11.0 Å².